The fourth-order valence-electron chi connectivity index (χ4n) is 3.34. The fourth-order valence-corrected chi connectivity index (χ4v) is 4.02. The molecule has 0 saturated carbocycles. The smallest absolute Gasteiger partial charge is 0.351 e. The van der Waals surface area contributed by atoms with Crippen LogP contribution in [0, 0.1) is 6.92 Å². The van der Waals surface area contributed by atoms with Crippen molar-refractivity contribution in [2.75, 3.05) is 13.1 Å². The summed E-state index contributed by atoms with van der Waals surface area (Å²) in [5.74, 6) is -0.500. The van der Waals surface area contributed by atoms with Gasteiger partial charge in [0.2, 0.25) is 5.76 Å². The molecule has 1 unspecified atom stereocenters. The molecule has 0 aromatic carbocycles. The van der Waals surface area contributed by atoms with E-state index in [1.54, 1.807) is 35.4 Å². The van der Waals surface area contributed by atoms with Gasteiger partial charge in [0, 0.05) is 25.1 Å². The summed E-state index contributed by atoms with van der Waals surface area (Å²) in [4.78, 5) is 23.1. The van der Waals surface area contributed by atoms with Crippen molar-refractivity contribution in [3.05, 3.63) is 52.6 Å². The summed E-state index contributed by atoms with van der Waals surface area (Å²) in [6.07, 6.45) is -3.34. The Morgan fingerprint density at radius 3 is 2.79 bits per heavy atom. The molecule has 0 bridgehead atoms. The first-order valence-electron chi connectivity index (χ1n) is 9.04. The second-order valence-corrected chi connectivity index (χ2v) is 7.84. The Morgan fingerprint density at radius 1 is 1.31 bits per heavy atom. The highest BCUT2D eigenvalue weighted by Crippen LogP contribution is 2.34. The van der Waals surface area contributed by atoms with Crippen LogP contribution in [0.2, 0.25) is 0 Å². The second-order valence-electron chi connectivity index (χ2n) is 6.89. The first-order chi connectivity index (χ1) is 13.8. The highest BCUT2D eigenvalue weighted by Gasteiger charge is 2.36. The van der Waals surface area contributed by atoms with Gasteiger partial charge in [0.25, 0.3) is 5.91 Å². The van der Waals surface area contributed by atoms with Crippen LogP contribution in [0.4, 0.5) is 13.2 Å². The lowest BCUT2D eigenvalue weighted by molar-refractivity contribution is -0.141. The third kappa shape index (κ3) is 4.16. The van der Waals surface area contributed by atoms with Crippen molar-refractivity contribution in [1.29, 1.82) is 0 Å². The van der Waals surface area contributed by atoms with Gasteiger partial charge >= 0.3 is 6.18 Å². The lowest BCUT2D eigenvalue weighted by Gasteiger charge is -2.31. The molecule has 1 amide bonds. The van der Waals surface area contributed by atoms with Crippen LogP contribution in [0.5, 0.6) is 0 Å². The number of hydrogen-bond donors (Lipinski definition) is 0. The quantitative estimate of drug-likeness (QED) is 0.620. The van der Waals surface area contributed by atoms with Crippen LogP contribution in [0.15, 0.2) is 34.2 Å². The molecule has 3 aromatic rings. The minimum absolute atomic E-state index is 0.106. The zero-order valence-electron chi connectivity index (χ0n) is 15.4. The van der Waals surface area contributed by atoms with Crippen LogP contribution in [-0.2, 0) is 6.18 Å². The summed E-state index contributed by atoms with van der Waals surface area (Å²) in [6.45, 7) is 2.43. The molecule has 1 fully saturated rings. The van der Waals surface area contributed by atoms with E-state index in [4.69, 9.17) is 4.52 Å². The topological polar surface area (TPSA) is 72.1 Å². The zero-order chi connectivity index (χ0) is 20.6. The molecule has 3 aromatic heterocycles. The fraction of sp³-hybridized carbons (Fsp3) is 0.368. The van der Waals surface area contributed by atoms with Crippen LogP contribution >= 0.6 is 11.3 Å². The molecule has 1 atom stereocenters. The third-order valence-electron chi connectivity index (χ3n) is 4.72. The van der Waals surface area contributed by atoms with E-state index in [0.29, 0.717) is 30.0 Å². The van der Waals surface area contributed by atoms with Gasteiger partial charge in [0.1, 0.15) is 11.5 Å². The first-order valence-corrected chi connectivity index (χ1v) is 9.92. The van der Waals surface area contributed by atoms with E-state index in [9.17, 15) is 18.0 Å². The molecule has 1 saturated heterocycles. The van der Waals surface area contributed by atoms with Crippen LogP contribution in [-0.4, -0.2) is 39.0 Å². The molecule has 29 heavy (non-hydrogen) atoms. The number of nitrogens with zero attached hydrogens (tertiary/aromatic N) is 4. The molecule has 0 radical (unpaired) electrons. The predicted molar refractivity (Wildman–Crippen MR) is 99.5 cm³/mol. The Hall–Kier alpha value is -2.75. The van der Waals surface area contributed by atoms with Crippen molar-refractivity contribution in [2.45, 2.75) is 31.9 Å². The van der Waals surface area contributed by atoms with Gasteiger partial charge in [0.15, 0.2) is 0 Å². The number of likely N-dealkylation sites (tertiary alicyclic amines) is 1. The van der Waals surface area contributed by atoms with Gasteiger partial charge in [-0.3, -0.25) is 4.79 Å². The highest BCUT2D eigenvalue weighted by atomic mass is 32.1. The van der Waals surface area contributed by atoms with Gasteiger partial charge < -0.3 is 9.42 Å². The van der Waals surface area contributed by atoms with E-state index in [0.717, 1.165) is 6.07 Å². The lowest BCUT2D eigenvalue weighted by Crippen LogP contribution is -2.39. The van der Waals surface area contributed by atoms with E-state index >= 15 is 0 Å². The summed E-state index contributed by atoms with van der Waals surface area (Å²) in [5.41, 5.74) is -0.143. The number of rotatable bonds is 3. The van der Waals surface area contributed by atoms with E-state index in [-0.39, 0.29) is 29.7 Å². The normalized spacial score (nSPS) is 17.5. The second kappa shape index (κ2) is 7.58. The molecule has 10 heteroatoms. The first kappa shape index (κ1) is 19.6. The number of carbonyl (C=O) groups is 1. The molecule has 0 spiro atoms. The van der Waals surface area contributed by atoms with Crippen LogP contribution in [0.3, 0.4) is 0 Å². The number of piperidine rings is 1. The summed E-state index contributed by atoms with van der Waals surface area (Å²) >= 11 is 1.31. The highest BCUT2D eigenvalue weighted by molar-refractivity contribution is 7.13. The van der Waals surface area contributed by atoms with Crippen LogP contribution in [0.25, 0.3) is 10.6 Å². The van der Waals surface area contributed by atoms with E-state index in [1.807, 2.05) is 0 Å². The maximum Gasteiger partial charge on any atom is 0.433 e. The Kier molecular flexibility index (Phi) is 5.12. The van der Waals surface area contributed by atoms with E-state index in [2.05, 4.69) is 15.1 Å². The standard InChI is InChI=1S/C19H17F3N4O2S/c1-11-8-14(28-25-11)18(27)26-6-2-4-12(10-26)17-23-13(15-5-3-7-29-15)9-16(24-17)19(20,21)22/h3,5,7-9,12H,2,4,6,10H2,1H3. The molecule has 4 rings (SSSR count). The third-order valence-corrected chi connectivity index (χ3v) is 5.61. The van der Waals surface area contributed by atoms with Gasteiger partial charge in [0.05, 0.1) is 16.3 Å². The van der Waals surface area contributed by atoms with Crippen LogP contribution in [0.1, 0.15) is 46.5 Å². The number of amides is 1. The molecule has 152 valence electrons. The van der Waals surface area contributed by atoms with Gasteiger partial charge in [-0.2, -0.15) is 13.2 Å². The average Bonchev–Trinajstić information content (AvgIpc) is 3.38. The molecule has 6 nitrogen and oxygen atoms in total. The molecule has 1 aliphatic heterocycles. The van der Waals surface area contributed by atoms with E-state index in [1.165, 1.54) is 11.3 Å². The Bertz CT molecular complexity index is 1020. The SMILES string of the molecule is Cc1cc(C(=O)N2CCCC(c3nc(-c4cccs4)cc(C(F)(F)F)n3)C2)on1. The number of hydrogen-bond acceptors (Lipinski definition) is 6. The van der Waals surface area contributed by atoms with Gasteiger partial charge in [-0.05, 0) is 37.3 Å². The number of carbonyl (C=O) groups excluding carboxylic acids is 1. The monoisotopic (exact) mass is 422 g/mol. The molecule has 0 aliphatic carbocycles. The molecule has 1 aliphatic rings. The van der Waals surface area contributed by atoms with Crippen molar-refractivity contribution in [3.63, 3.8) is 0 Å². The van der Waals surface area contributed by atoms with Crippen molar-refractivity contribution in [3.8, 4) is 10.6 Å². The predicted octanol–water partition coefficient (Wildman–Crippen LogP) is 4.54. The Morgan fingerprint density at radius 2 is 2.14 bits per heavy atom. The largest absolute Gasteiger partial charge is 0.433 e. The molecular weight excluding hydrogens is 405 g/mol. The number of thiophene rings is 1. The number of aromatic nitrogens is 3. The van der Waals surface area contributed by atoms with Gasteiger partial charge in [-0.25, -0.2) is 9.97 Å². The van der Waals surface area contributed by atoms with Gasteiger partial charge in [-0.15, -0.1) is 11.3 Å². The van der Waals surface area contributed by atoms with Crippen molar-refractivity contribution in [1.82, 2.24) is 20.0 Å². The Balaban J connectivity index is 1.64. The summed E-state index contributed by atoms with van der Waals surface area (Å²) in [6, 6.07) is 6.00. The minimum Gasteiger partial charge on any atom is -0.351 e. The number of alkyl halides is 3. The molecule has 4 heterocycles. The maximum absolute atomic E-state index is 13.4. The number of aryl methyl sites for hydroxylation is 1. The van der Waals surface area contributed by atoms with Gasteiger partial charge in [-0.1, -0.05) is 11.2 Å². The molecular formula is C19H17F3N4O2S. The Labute approximate surface area is 168 Å². The zero-order valence-corrected chi connectivity index (χ0v) is 16.3. The van der Waals surface area contributed by atoms with Crippen LogP contribution < -0.4 is 0 Å². The summed E-state index contributed by atoms with van der Waals surface area (Å²) in [5, 5.41) is 5.50. The number of halogens is 3. The van der Waals surface area contributed by atoms with E-state index < -0.39 is 17.8 Å². The van der Waals surface area contributed by atoms with Crippen molar-refractivity contribution >= 4 is 17.2 Å². The summed E-state index contributed by atoms with van der Waals surface area (Å²) in [7, 11) is 0. The summed E-state index contributed by atoms with van der Waals surface area (Å²) < 4.78 is 45.3. The molecule has 0 N–H and O–H groups in total. The minimum atomic E-state index is -4.58. The lowest BCUT2D eigenvalue weighted by atomic mass is 9.96. The van der Waals surface area contributed by atoms with Crippen molar-refractivity contribution in [2.24, 2.45) is 0 Å². The van der Waals surface area contributed by atoms with Crippen molar-refractivity contribution < 1.29 is 22.5 Å². The maximum atomic E-state index is 13.4. The average molecular weight is 422 g/mol.